The lowest BCUT2D eigenvalue weighted by Gasteiger charge is -2.38. The molecule has 200 valence electrons. The average molecular weight is 511 g/mol. The van der Waals surface area contributed by atoms with Crippen molar-refractivity contribution in [2.45, 2.75) is 63.6 Å². The highest BCUT2D eigenvalue weighted by molar-refractivity contribution is 5.65. The Labute approximate surface area is 219 Å². The number of hydrogen-bond donors (Lipinski definition) is 2. The van der Waals surface area contributed by atoms with E-state index in [9.17, 15) is 9.65 Å². The predicted octanol–water partition coefficient (Wildman–Crippen LogP) is 4.70. The maximum atomic E-state index is 14.8. The first-order chi connectivity index (χ1) is 17.9. The number of anilines is 2. The fraction of sp³-hybridized carbons (Fsp3) is 0.607. The molecule has 2 aromatic heterocycles. The minimum Gasteiger partial charge on any atom is -0.383 e. The van der Waals surface area contributed by atoms with Gasteiger partial charge in [0, 0.05) is 50.6 Å². The third-order valence-electron chi connectivity index (χ3n) is 7.90. The van der Waals surface area contributed by atoms with Crippen molar-refractivity contribution in [3.63, 3.8) is 0 Å². The number of halogens is 1. The lowest BCUT2D eigenvalue weighted by molar-refractivity contribution is 0.0455. The number of hydrogen-bond acceptors (Lipinski definition) is 8. The number of ether oxygens (including phenoxy) is 2. The topological polar surface area (TPSA) is 95.3 Å². The number of nitrogens with one attached hydrogen (secondary N) is 2. The van der Waals surface area contributed by atoms with Gasteiger partial charge >= 0.3 is 0 Å². The maximum Gasteiger partial charge on any atom is 0.151 e. The number of rotatable bonds is 10. The normalized spacial score (nSPS) is 22.3. The van der Waals surface area contributed by atoms with Crippen LogP contribution >= 0.6 is 0 Å². The van der Waals surface area contributed by atoms with Crippen molar-refractivity contribution >= 4 is 11.6 Å². The fourth-order valence-corrected chi connectivity index (χ4v) is 5.30. The molecule has 1 saturated heterocycles. The molecule has 0 amide bonds. The van der Waals surface area contributed by atoms with E-state index in [1.165, 1.54) is 6.20 Å². The Morgan fingerprint density at radius 3 is 2.70 bits per heavy atom. The van der Waals surface area contributed by atoms with Gasteiger partial charge < -0.3 is 20.1 Å². The molecule has 2 N–H and O–H groups in total. The Kier molecular flexibility index (Phi) is 9.30. The number of pyridine rings is 2. The van der Waals surface area contributed by atoms with Crippen LogP contribution in [0.15, 0.2) is 30.5 Å². The second kappa shape index (κ2) is 12.6. The van der Waals surface area contributed by atoms with Crippen molar-refractivity contribution in [1.29, 1.82) is 5.26 Å². The summed E-state index contributed by atoms with van der Waals surface area (Å²) in [5, 5.41) is 16.5. The average Bonchev–Trinajstić information content (AvgIpc) is 2.94. The smallest absolute Gasteiger partial charge is 0.151 e. The summed E-state index contributed by atoms with van der Waals surface area (Å²) in [5.74, 6) is 0.867. The third-order valence-corrected chi connectivity index (χ3v) is 7.90. The molecule has 4 rings (SSSR count). The minimum atomic E-state index is -0.468. The van der Waals surface area contributed by atoms with E-state index in [1.807, 2.05) is 12.1 Å². The molecule has 2 fully saturated rings. The Morgan fingerprint density at radius 2 is 2.00 bits per heavy atom. The van der Waals surface area contributed by atoms with Crippen molar-refractivity contribution < 1.29 is 13.9 Å². The van der Waals surface area contributed by atoms with Crippen LogP contribution in [0.5, 0.6) is 0 Å². The van der Waals surface area contributed by atoms with Gasteiger partial charge in [-0.2, -0.15) is 5.26 Å². The van der Waals surface area contributed by atoms with Gasteiger partial charge in [-0.1, -0.05) is 6.07 Å². The summed E-state index contributed by atoms with van der Waals surface area (Å²) in [6.07, 6.45) is 6.91. The molecule has 9 heteroatoms. The highest BCUT2D eigenvalue weighted by Gasteiger charge is 2.32. The van der Waals surface area contributed by atoms with Gasteiger partial charge in [-0.15, -0.1) is 0 Å². The Bertz CT molecular complexity index is 1060. The lowest BCUT2D eigenvalue weighted by Crippen LogP contribution is -2.44. The quantitative estimate of drug-likeness (QED) is 0.475. The van der Waals surface area contributed by atoms with E-state index >= 15 is 0 Å². The van der Waals surface area contributed by atoms with Crippen molar-refractivity contribution in [1.82, 2.24) is 14.9 Å². The summed E-state index contributed by atoms with van der Waals surface area (Å²) < 4.78 is 25.5. The van der Waals surface area contributed by atoms with E-state index in [0.29, 0.717) is 73.6 Å². The second-order valence-corrected chi connectivity index (χ2v) is 10.4. The monoisotopic (exact) mass is 510 g/mol. The maximum absolute atomic E-state index is 14.8. The summed E-state index contributed by atoms with van der Waals surface area (Å²) in [7, 11) is 3.92. The molecule has 1 atom stereocenters. The first-order valence-corrected chi connectivity index (χ1v) is 13.3. The summed E-state index contributed by atoms with van der Waals surface area (Å²) in [4.78, 5) is 11.4. The van der Waals surface area contributed by atoms with Gasteiger partial charge in [0.25, 0.3) is 0 Å². The minimum absolute atomic E-state index is 0.302. The SMILES string of the molecule is COCC(C)N(C)C1CCC(Nc2cc(-c3cccc(NCC4(C#N)CCOCC4)n3)c(F)cn2)CC1. The number of nitrogens with zero attached hydrogens (tertiary/aromatic N) is 4. The molecular weight excluding hydrogens is 471 g/mol. The van der Waals surface area contributed by atoms with E-state index < -0.39 is 11.2 Å². The van der Waals surface area contributed by atoms with Crippen LogP contribution < -0.4 is 10.6 Å². The zero-order valence-electron chi connectivity index (χ0n) is 22.2. The molecule has 2 aliphatic rings. The van der Waals surface area contributed by atoms with Crippen LogP contribution in [0, 0.1) is 22.6 Å². The van der Waals surface area contributed by atoms with E-state index in [0.717, 1.165) is 32.3 Å². The van der Waals surface area contributed by atoms with Gasteiger partial charge in [0.05, 0.1) is 30.0 Å². The number of aromatic nitrogens is 2. The summed E-state index contributed by atoms with van der Waals surface area (Å²) >= 11 is 0. The molecule has 0 radical (unpaired) electrons. The highest BCUT2D eigenvalue weighted by atomic mass is 19.1. The van der Waals surface area contributed by atoms with E-state index in [-0.39, 0.29) is 0 Å². The number of likely N-dealkylation sites (N-methyl/N-ethyl adjacent to an activating group) is 1. The van der Waals surface area contributed by atoms with Crippen molar-refractivity contribution in [3.05, 3.63) is 36.3 Å². The van der Waals surface area contributed by atoms with Crippen LogP contribution in [0.2, 0.25) is 0 Å². The summed E-state index contributed by atoms with van der Waals surface area (Å²) in [6.45, 7) is 4.59. The fourth-order valence-electron chi connectivity index (χ4n) is 5.30. The molecule has 0 bridgehead atoms. The van der Waals surface area contributed by atoms with Crippen LogP contribution in [0.25, 0.3) is 11.3 Å². The lowest BCUT2D eigenvalue weighted by atomic mass is 9.82. The van der Waals surface area contributed by atoms with Crippen molar-refractivity contribution in [3.8, 4) is 17.3 Å². The Hall–Kier alpha value is -2.80. The summed E-state index contributed by atoms with van der Waals surface area (Å²) in [6, 6.07) is 10.9. The molecule has 3 heterocycles. The van der Waals surface area contributed by atoms with Crippen LogP contribution in [-0.2, 0) is 9.47 Å². The van der Waals surface area contributed by atoms with E-state index in [4.69, 9.17) is 9.47 Å². The molecular formula is C28H39FN6O2. The van der Waals surface area contributed by atoms with Crippen LogP contribution in [-0.4, -0.2) is 73.5 Å². The molecule has 1 saturated carbocycles. The molecule has 8 nitrogen and oxygen atoms in total. The molecule has 1 aliphatic heterocycles. The highest BCUT2D eigenvalue weighted by Crippen LogP contribution is 2.31. The Balaban J connectivity index is 1.38. The van der Waals surface area contributed by atoms with E-state index in [2.05, 4.69) is 45.5 Å². The Morgan fingerprint density at radius 1 is 1.24 bits per heavy atom. The van der Waals surface area contributed by atoms with Gasteiger partial charge in [0.1, 0.15) is 11.6 Å². The zero-order chi connectivity index (χ0) is 26.3. The zero-order valence-corrected chi connectivity index (χ0v) is 22.2. The van der Waals surface area contributed by atoms with Crippen LogP contribution in [0.4, 0.5) is 16.0 Å². The molecule has 1 aliphatic carbocycles. The van der Waals surface area contributed by atoms with Gasteiger partial charge in [0.2, 0.25) is 0 Å². The number of methoxy groups -OCH3 is 1. The molecule has 0 spiro atoms. The largest absolute Gasteiger partial charge is 0.383 e. The standard InChI is InChI=1S/C28H39FN6O2/c1-20(17-36-3)35(2)22-9-7-21(8-10-22)33-27-15-23(24(29)16-31-27)25-5-4-6-26(34-25)32-19-28(18-30)11-13-37-14-12-28/h4-6,15-16,20-22H,7-14,17,19H2,1-3H3,(H,31,33)(H,32,34). The first kappa shape index (κ1) is 27.2. The predicted molar refractivity (Wildman–Crippen MR) is 143 cm³/mol. The number of nitriles is 1. The van der Waals surface area contributed by atoms with Crippen LogP contribution in [0.1, 0.15) is 45.4 Å². The molecule has 0 aromatic carbocycles. The van der Waals surface area contributed by atoms with Crippen molar-refractivity contribution in [2.75, 3.05) is 51.2 Å². The molecule has 2 aromatic rings. The third kappa shape index (κ3) is 6.95. The van der Waals surface area contributed by atoms with E-state index in [1.54, 1.807) is 19.2 Å². The van der Waals surface area contributed by atoms with Gasteiger partial charge in [-0.05, 0) is 70.7 Å². The molecule has 37 heavy (non-hydrogen) atoms. The van der Waals surface area contributed by atoms with Crippen molar-refractivity contribution in [2.24, 2.45) is 5.41 Å². The first-order valence-electron chi connectivity index (χ1n) is 13.3. The molecule has 1 unspecified atom stereocenters. The van der Waals surface area contributed by atoms with Gasteiger partial charge in [-0.25, -0.2) is 14.4 Å². The van der Waals surface area contributed by atoms with Gasteiger partial charge in [0.15, 0.2) is 5.82 Å². The second-order valence-electron chi connectivity index (χ2n) is 10.4. The van der Waals surface area contributed by atoms with Crippen LogP contribution in [0.3, 0.4) is 0 Å². The summed E-state index contributed by atoms with van der Waals surface area (Å²) in [5.41, 5.74) is 0.470. The van der Waals surface area contributed by atoms with Gasteiger partial charge in [-0.3, -0.25) is 4.90 Å².